The van der Waals surface area contributed by atoms with Gasteiger partial charge in [0.25, 0.3) is 0 Å². The highest BCUT2D eigenvalue weighted by Crippen LogP contribution is 2.17. The molecule has 0 saturated carbocycles. The van der Waals surface area contributed by atoms with Crippen LogP contribution in [-0.2, 0) is 10.8 Å². The first kappa shape index (κ1) is 9.15. The molecule has 0 aliphatic carbocycles. The summed E-state index contributed by atoms with van der Waals surface area (Å²) >= 11 is 0. The normalized spacial score (nSPS) is 15.6. The molecule has 0 saturated heterocycles. The van der Waals surface area contributed by atoms with Gasteiger partial charge >= 0.3 is 0 Å². The molecule has 0 radical (unpaired) electrons. The van der Waals surface area contributed by atoms with Gasteiger partial charge in [-0.25, -0.2) is 0 Å². The second-order valence-corrected chi connectivity index (χ2v) is 4.98. The quantitative estimate of drug-likeness (QED) is 0.598. The highest BCUT2D eigenvalue weighted by atomic mass is 32.2. The molecule has 2 heteroatoms. The molecule has 0 aliphatic rings. The van der Waals surface area contributed by atoms with Gasteiger partial charge in [0.05, 0.1) is 0 Å². The maximum Gasteiger partial charge on any atom is 0.0400 e. The topological polar surface area (TPSA) is 17.1 Å². The first-order valence-corrected chi connectivity index (χ1v) is 4.90. The monoisotopic (exact) mass is 148 g/mol. The molecule has 0 N–H and O–H groups in total. The van der Waals surface area contributed by atoms with Gasteiger partial charge in [0.2, 0.25) is 0 Å². The average Bonchev–Trinajstić information content (AvgIpc) is 1.65. The number of hydrogen-bond donors (Lipinski definition) is 0. The van der Waals surface area contributed by atoms with Crippen LogP contribution in [-0.4, -0.2) is 15.2 Å². The third kappa shape index (κ3) is 2.99. The van der Waals surface area contributed by atoms with E-state index in [1.807, 2.05) is 13.8 Å². The van der Waals surface area contributed by atoms with Crippen molar-refractivity contribution >= 4 is 10.8 Å². The minimum absolute atomic E-state index is 0.0226. The lowest BCUT2D eigenvalue weighted by atomic mass is 10.1. The summed E-state index contributed by atoms with van der Waals surface area (Å²) in [7, 11) is -0.676. The molecular weight excluding hydrogens is 132 g/mol. The first-order valence-electron chi connectivity index (χ1n) is 3.34. The van der Waals surface area contributed by atoms with Crippen molar-refractivity contribution in [2.24, 2.45) is 0 Å². The molecule has 56 valence electrons. The van der Waals surface area contributed by atoms with Crippen LogP contribution in [0.2, 0.25) is 0 Å². The molecule has 0 aliphatic heterocycles. The largest absolute Gasteiger partial charge is 0.259 e. The van der Waals surface area contributed by atoms with Crippen molar-refractivity contribution in [1.82, 2.24) is 0 Å². The Balaban J connectivity index is 3.85. The van der Waals surface area contributed by atoms with Crippen molar-refractivity contribution in [3.63, 3.8) is 0 Å². The fraction of sp³-hybridized carbons (Fsp3) is 1.00. The van der Waals surface area contributed by atoms with Crippen molar-refractivity contribution < 1.29 is 4.21 Å². The predicted molar refractivity (Wildman–Crippen MR) is 43.1 cm³/mol. The number of hydrogen-bond acceptors (Lipinski definition) is 1. The van der Waals surface area contributed by atoms with E-state index < -0.39 is 10.8 Å². The molecule has 0 aromatic rings. The summed E-state index contributed by atoms with van der Waals surface area (Å²) in [6, 6.07) is 0. The summed E-state index contributed by atoms with van der Waals surface area (Å²) in [5.41, 5.74) is 0. The summed E-state index contributed by atoms with van der Waals surface area (Å²) < 4.78 is 11.0. The third-order valence-electron chi connectivity index (χ3n) is 1.63. The van der Waals surface area contributed by atoms with Crippen LogP contribution < -0.4 is 0 Å². The second-order valence-electron chi connectivity index (χ2n) is 2.96. The van der Waals surface area contributed by atoms with E-state index in [0.717, 1.165) is 12.8 Å². The predicted octanol–water partition coefficient (Wildman–Crippen LogP) is 1.94. The molecule has 0 rings (SSSR count). The minimum atomic E-state index is -0.676. The van der Waals surface area contributed by atoms with Gasteiger partial charge in [-0.1, -0.05) is 13.3 Å². The molecular formula is C7H16OS. The second kappa shape index (κ2) is 3.35. The maximum atomic E-state index is 11.0. The Labute approximate surface area is 60.3 Å². The lowest BCUT2D eigenvalue weighted by molar-refractivity contribution is 0.586. The molecule has 1 nitrogen and oxygen atoms in total. The lowest BCUT2D eigenvalue weighted by Crippen LogP contribution is -2.24. The highest BCUT2D eigenvalue weighted by molar-refractivity contribution is 7.85. The Morgan fingerprint density at radius 3 is 2.00 bits per heavy atom. The fourth-order valence-corrected chi connectivity index (χ4v) is 1.24. The van der Waals surface area contributed by atoms with Crippen molar-refractivity contribution in [1.29, 1.82) is 0 Å². The number of rotatable bonds is 3. The molecule has 0 bridgehead atoms. The van der Waals surface area contributed by atoms with E-state index >= 15 is 0 Å². The van der Waals surface area contributed by atoms with Crippen LogP contribution in [0.5, 0.6) is 0 Å². The van der Waals surface area contributed by atoms with Gasteiger partial charge in [0.1, 0.15) is 0 Å². The van der Waals surface area contributed by atoms with Crippen LogP contribution in [0.1, 0.15) is 33.6 Å². The van der Waals surface area contributed by atoms with Crippen molar-refractivity contribution in [2.75, 3.05) is 6.26 Å². The summed E-state index contributed by atoms with van der Waals surface area (Å²) in [4.78, 5) is 0. The van der Waals surface area contributed by atoms with Crippen molar-refractivity contribution in [3.8, 4) is 0 Å². The fourth-order valence-electron chi connectivity index (χ4n) is 0.746. The Hall–Kier alpha value is 0.150. The van der Waals surface area contributed by atoms with E-state index in [9.17, 15) is 4.21 Å². The van der Waals surface area contributed by atoms with Crippen LogP contribution in [0.15, 0.2) is 0 Å². The summed E-state index contributed by atoms with van der Waals surface area (Å²) in [6.07, 6.45) is 3.94. The van der Waals surface area contributed by atoms with Crippen LogP contribution in [0.4, 0.5) is 0 Å². The van der Waals surface area contributed by atoms with Gasteiger partial charge in [-0.2, -0.15) is 0 Å². The molecule has 1 unspecified atom stereocenters. The summed E-state index contributed by atoms with van der Waals surface area (Å²) in [5, 5.41) is 0. The van der Waals surface area contributed by atoms with Crippen LogP contribution in [0.25, 0.3) is 0 Å². The van der Waals surface area contributed by atoms with E-state index in [-0.39, 0.29) is 4.75 Å². The first-order chi connectivity index (χ1) is 4.00. The molecule has 9 heavy (non-hydrogen) atoms. The Bertz CT molecular complexity index is 107. The Morgan fingerprint density at radius 2 is 1.89 bits per heavy atom. The third-order valence-corrected chi connectivity index (χ3v) is 3.39. The minimum Gasteiger partial charge on any atom is -0.259 e. The highest BCUT2D eigenvalue weighted by Gasteiger charge is 2.20. The standard InChI is InChI=1S/C7H16OS/c1-5-6-7(2,3)9(4)8/h5-6H2,1-4H3. The zero-order chi connectivity index (χ0) is 7.49. The Morgan fingerprint density at radius 1 is 1.44 bits per heavy atom. The van der Waals surface area contributed by atoms with Gasteiger partial charge in [-0.15, -0.1) is 0 Å². The molecule has 0 aromatic heterocycles. The van der Waals surface area contributed by atoms with Crippen LogP contribution in [0.3, 0.4) is 0 Å². The summed E-state index contributed by atoms with van der Waals surface area (Å²) in [5.74, 6) is 0. The summed E-state index contributed by atoms with van der Waals surface area (Å²) in [6.45, 7) is 6.22. The van der Waals surface area contributed by atoms with Crippen molar-refractivity contribution in [3.05, 3.63) is 0 Å². The maximum absolute atomic E-state index is 11.0. The molecule has 1 atom stereocenters. The van der Waals surface area contributed by atoms with Gasteiger partial charge < -0.3 is 0 Å². The van der Waals surface area contributed by atoms with Gasteiger partial charge in [-0.05, 0) is 20.3 Å². The smallest absolute Gasteiger partial charge is 0.0400 e. The van der Waals surface area contributed by atoms with E-state index in [0.29, 0.717) is 0 Å². The average molecular weight is 148 g/mol. The zero-order valence-electron chi connectivity index (χ0n) is 6.73. The van der Waals surface area contributed by atoms with Gasteiger partial charge in [0.15, 0.2) is 0 Å². The molecule has 0 aromatic carbocycles. The Kier molecular flexibility index (Phi) is 3.41. The van der Waals surface area contributed by atoms with Gasteiger partial charge in [0, 0.05) is 21.8 Å². The molecule has 0 heterocycles. The molecule has 0 amide bonds. The van der Waals surface area contributed by atoms with Crippen LogP contribution >= 0.6 is 0 Å². The van der Waals surface area contributed by atoms with E-state index in [2.05, 4.69) is 6.92 Å². The van der Waals surface area contributed by atoms with Crippen LogP contribution in [0, 0.1) is 0 Å². The van der Waals surface area contributed by atoms with E-state index in [4.69, 9.17) is 0 Å². The molecule has 0 spiro atoms. The lowest BCUT2D eigenvalue weighted by Gasteiger charge is -2.19. The zero-order valence-corrected chi connectivity index (χ0v) is 7.55. The molecule has 0 fully saturated rings. The SMILES string of the molecule is CCCC(C)(C)S(C)=O. The van der Waals surface area contributed by atoms with E-state index in [1.165, 1.54) is 0 Å². The van der Waals surface area contributed by atoms with Crippen molar-refractivity contribution in [2.45, 2.75) is 38.4 Å². The van der Waals surface area contributed by atoms with E-state index in [1.54, 1.807) is 6.26 Å². The van der Waals surface area contributed by atoms with Gasteiger partial charge in [-0.3, -0.25) is 4.21 Å².